The second-order valence-electron chi connectivity index (χ2n) is 11.4. The van der Waals surface area contributed by atoms with Gasteiger partial charge in [0, 0.05) is 0 Å². The van der Waals surface area contributed by atoms with Gasteiger partial charge >= 0.3 is 0 Å². The van der Waals surface area contributed by atoms with Gasteiger partial charge < -0.3 is 20.6 Å². The highest BCUT2D eigenvalue weighted by Crippen LogP contribution is 2.11. The highest BCUT2D eigenvalue weighted by atomic mass is 16.3. The molecule has 5 heteroatoms. The third kappa shape index (κ3) is 28.2. The maximum Gasteiger partial charge on any atom is 0.222 e. The van der Waals surface area contributed by atoms with Crippen molar-refractivity contribution < 1.29 is 20.1 Å². The van der Waals surface area contributed by atoms with Crippen molar-refractivity contribution in [1.82, 2.24) is 5.32 Å². The summed E-state index contributed by atoms with van der Waals surface area (Å²) in [6.07, 6.45) is 40.5. The zero-order valence-corrected chi connectivity index (χ0v) is 27.1. The molecule has 0 aromatic carbocycles. The number of rotatable bonds is 29. The summed E-state index contributed by atoms with van der Waals surface area (Å²) in [6, 6.07) is -0.771. The fraction of sp³-hybridized carbons (Fsp3) is 0.703. The third-order valence-corrected chi connectivity index (χ3v) is 7.26. The Morgan fingerprint density at radius 3 is 1.74 bits per heavy atom. The van der Waals surface area contributed by atoms with Gasteiger partial charge in [0.25, 0.3) is 0 Å². The van der Waals surface area contributed by atoms with Gasteiger partial charge in [-0.2, -0.15) is 0 Å². The van der Waals surface area contributed by atoms with Crippen LogP contribution >= 0.6 is 0 Å². The van der Waals surface area contributed by atoms with Gasteiger partial charge in [-0.15, -0.1) is 0 Å². The van der Waals surface area contributed by atoms with Crippen LogP contribution in [0.5, 0.6) is 0 Å². The van der Waals surface area contributed by atoms with E-state index in [4.69, 9.17) is 0 Å². The summed E-state index contributed by atoms with van der Waals surface area (Å²) in [5.74, 6) is -0.344. The Morgan fingerprint density at radius 1 is 0.619 bits per heavy atom. The van der Waals surface area contributed by atoms with E-state index in [1.807, 2.05) is 6.08 Å². The van der Waals surface area contributed by atoms with Crippen LogP contribution in [0.15, 0.2) is 60.8 Å². The number of allylic oxidation sites excluding steroid dienone is 9. The smallest absolute Gasteiger partial charge is 0.222 e. The molecule has 0 saturated heterocycles. The maximum atomic E-state index is 12.3. The summed E-state index contributed by atoms with van der Waals surface area (Å²) < 4.78 is 0. The molecular weight excluding hydrogens is 522 g/mol. The largest absolute Gasteiger partial charge is 0.394 e. The van der Waals surface area contributed by atoms with Crippen LogP contribution in [0.4, 0.5) is 0 Å². The van der Waals surface area contributed by atoms with Crippen LogP contribution in [0.3, 0.4) is 0 Å². The molecule has 242 valence electrons. The highest BCUT2D eigenvalue weighted by Gasteiger charge is 2.20. The first-order chi connectivity index (χ1) is 20.5. The van der Waals surface area contributed by atoms with E-state index in [1.165, 1.54) is 57.8 Å². The van der Waals surface area contributed by atoms with Gasteiger partial charge in [0.2, 0.25) is 5.91 Å². The summed E-state index contributed by atoms with van der Waals surface area (Å²) in [7, 11) is 0. The molecule has 0 aliphatic rings. The normalized spacial score (nSPS) is 14.7. The van der Waals surface area contributed by atoms with Gasteiger partial charge in [-0.1, -0.05) is 126 Å². The van der Waals surface area contributed by atoms with E-state index in [0.717, 1.165) is 57.8 Å². The van der Waals surface area contributed by atoms with Gasteiger partial charge in [0.05, 0.1) is 31.3 Å². The first-order valence-corrected chi connectivity index (χ1v) is 17.1. The average Bonchev–Trinajstić information content (AvgIpc) is 2.98. The van der Waals surface area contributed by atoms with E-state index in [0.29, 0.717) is 6.42 Å². The number of nitrogens with one attached hydrogen (secondary N) is 1. The molecule has 0 heterocycles. The lowest BCUT2D eigenvalue weighted by Crippen LogP contribution is -2.45. The molecule has 42 heavy (non-hydrogen) atoms. The minimum atomic E-state index is -0.963. The van der Waals surface area contributed by atoms with E-state index >= 15 is 0 Å². The van der Waals surface area contributed by atoms with Gasteiger partial charge in [-0.25, -0.2) is 0 Å². The first-order valence-electron chi connectivity index (χ1n) is 17.1. The molecule has 0 aromatic heterocycles. The van der Waals surface area contributed by atoms with Gasteiger partial charge in [-0.05, 0) is 70.6 Å². The molecule has 0 spiro atoms. The first kappa shape index (κ1) is 40.1. The molecule has 1 amide bonds. The second kappa shape index (κ2) is 32.0. The predicted molar refractivity (Wildman–Crippen MR) is 180 cm³/mol. The molecule has 5 nitrogen and oxygen atoms in total. The van der Waals surface area contributed by atoms with E-state index in [1.54, 1.807) is 6.08 Å². The minimum absolute atomic E-state index is 0.0105. The van der Waals surface area contributed by atoms with E-state index in [-0.39, 0.29) is 18.9 Å². The van der Waals surface area contributed by atoms with Crippen LogP contribution in [-0.4, -0.2) is 46.1 Å². The SMILES string of the molecule is CCCC/C=C/CC/C=C/CC/C=C/C(O)C(CO)NC(=O)CC(O)CCCCCCC/C=C\C/C=C\CCCCC. The summed E-state index contributed by atoms with van der Waals surface area (Å²) >= 11 is 0. The molecule has 0 saturated carbocycles. The zero-order valence-electron chi connectivity index (χ0n) is 27.1. The standard InChI is InChI=1S/C37H65NO4/c1-3-5-7-9-11-13-15-17-18-19-20-22-24-26-28-30-34(40)32-37(42)38-35(33-39)36(41)31-29-27-25-23-21-16-14-12-10-8-6-4-2/h10-13,17-18,21,23,29,31,34-36,39-41H,3-9,14-16,19-20,22,24-28,30,32-33H2,1-2H3,(H,38,42)/b12-10+,13-11-,18-17-,23-21+,31-29+. The monoisotopic (exact) mass is 587 g/mol. The summed E-state index contributed by atoms with van der Waals surface area (Å²) in [5.41, 5.74) is 0. The molecule has 0 aromatic rings. The zero-order chi connectivity index (χ0) is 30.9. The number of carbonyl (C=O) groups is 1. The number of hydrogen-bond donors (Lipinski definition) is 4. The Labute approximate surface area is 259 Å². The Bertz CT molecular complexity index is 740. The predicted octanol–water partition coefficient (Wildman–Crippen LogP) is 8.81. The van der Waals surface area contributed by atoms with Crippen LogP contribution < -0.4 is 5.32 Å². The Balaban J connectivity index is 3.88. The van der Waals surface area contributed by atoms with Crippen molar-refractivity contribution in [2.24, 2.45) is 0 Å². The molecule has 0 bridgehead atoms. The van der Waals surface area contributed by atoms with Crippen molar-refractivity contribution >= 4 is 5.91 Å². The summed E-state index contributed by atoms with van der Waals surface area (Å²) in [6.45, 7) is 4.08. The van der Waals surface area contributed by atoms with E-state index in [9.17, 15) is 20.1 Å². The van der Waals surface area contributed by atoms with Crippen molar-refractivity contribution in [1.29, 1.82) is 0 Å². The minimum Gasteiger partial charge on any atom is -0.394 e. The highest BCUT2D eigenvalue weighted by molar-refractivity contribution is 5.76. The lowest BCUT2D eigenvalue weighted by molar-refractivity contribution is -0.124. The Hall–Kier alpha value is -1.95. The van der Waals surface area contributed by atoms with Crippen LogP contribution in [0.1, 0.15) is 142 Å². The number of carbonyl (C=O) groups excluding carboxylic acids is 1. The van der Waals surface area contributed by atoms with E-state index < -0.39 is 18.2 Å². The Morgan fingerprint density at radius 2 is 1.12 bits per heavy atom. The van der Waals surface area contributed by atoms with Crippen LogP contribution in [0, 0.1) is 0 Å². The van der Waals surface area contributed by atoms with Crippen molar-refractivity contribution in [3.63, 3.8) is 0 Å². The number of aliphatic hydroxyl groups is 3. The molecule has 0 aliphatic heterocycles. The van der Waals surface area contributed by atoms with Crippen molar-refractivity contribution in [2.75, 3.05) is 6.61 Å². The van der Waals surface area contributed by atoms with Crippen molar-refractivity contribution in [3.05, 3.63) is 60.8 Å². The second-order valence-corrected chi connectivity index (χ2v) is 11.4. The lowest BCUT2D eigenvalue weighted by atomic mass is 10.0. The quantitative estimate of drug-likeness (QED) is 0.0520. The molecular formula is C37H65NO4. The Kier molecular flexibility index (Phi) is 30.5. The maximum absolute atomic E-state index is 12.3. The molecule has 3 atom stereocenters. The molecule has 0 fully saturated rings. The fourth-order valence-electron chi connectivity index (χ4n) is 4.56. The van der Waals surface area contributed by atoms with Crippen molar-refractivity contribution in [3.8, 4) is 0 Å². The molecule has 0 radical (unpaired) electrons. The van der Waals surface area contributed by atoms with Crippen molar-refractivity contribution in [2.45, 2.75) is 161 Å². The van der Waals surface area contributed by atoms with Crippen LogP contribution in [-0.2, 0) is 4.79 Å². The number of amides is 1. The van der Waals surface area contributed by atoms with Gasteiger partial charge in [-0.3, -0.25) is 4.79 Å². The lowest BCUT2D eigenvalue weighted by Gasteiger charge is -2.20. The average molecular weight is 588 g/mol. The van der Waals surface area contributed by atoms with Crippen LogP contribution in [0.25, 0.3) is 0 Å². The molecule has 0 rings (SSSR count). The summed E-state index contributed by atoms with van der Waals surface area (Å²) in [5, 5.41) is 32.9. The van der Waals surface area contributed by atoms with Crippen LogP contribution in [0.2, 0.25) is 0 Å². The van der Waals surface area contributed by atoms with Gasteiger partial charge in [0.1, 0.15) is 0 Å². The molecule has 0 aliphatic carbocycles. The summed E-state index contributed by atoms with van der Waals surface area (Å²) in [4.78, 5) is 12.3. The fourth-order valence-corrected chi connectivity index (χ4v) is 4.56. The van der Waals surface area contributed by atoms with Gasteiger partial charge in [0.15, 0.2) is 0 Å². The molecule has 4 N–H and O–H groups in total. The van der Waals surface area contributed by atoms with E-state index in [2.05, 4.69) is 67.8 Å². The molecule has 3 unspecified atom stereocenters. The topological polar surface area (TPSA) is 89.8 Å². The number of aliphatic hydroxyl groups excluding tert-OH is 3. The third-order valence-electron chi connectivity index (χ3n) is 7.26. The number of hydrogen-bond acceptors (Lipinski definition) is 4. The number of unbranched alkanes of at least 4 members (excludes halogenated alkanes) is 12.